The van der Waals surface area contributed by atoms with Crippen LogP contribution in [0.25, 0.3) is 0 Å². The maximum Gasteiger partial charge on any atom is 0.165 e. The number of hydrogen-bond acceptors (Lipinski definition) is 3. The monoisotopic (exact) mass is 285 g/mol. The van der Waals surface area contributed by atoms with Crippen molar-refractivity contribution in [1.29, 1.82) is 0 Å². The van der Waals surface area contributed by atoms with Crippen molar-refractivity contribution >= 4 is 5.69 Å². The maximum atomic E-state index is 13.3. The van der Waals surface area contributed by atoms with Crippen LogP contribution in [0.3, 0.4) is 0 Å². The Morgan fingerprint density at radius 2 is 2.00 bits per heavy atom. The van der Waals surface area contributed by atoms with Gasteiger partial charge in [0, 0.05) is 23.9 Å². The largest absolute Gasteiger partial charge is 0.494 e. The van der Waals surface area contributed by atoms with Gasteiger partial charge in [-0.25, -0.2) is 4.39 Å². The van der Waals surface area contributed by atoms with Crippen LogP contribution in [0.1, 0.15) is 5.56 Å². The molecular weight excluding hydrogens is 269 g/mol. The van der Waals surface area contributed by atoms with Crippen LogP contribution in [-0.4, -0.2) is 13.7 Å². The molecule has 2 aromatic rings. The molecule has 0 bridgehead atoms. The summed E-state index contributed by atoms with van der Waals surface area (Å²) in [5.74, 6) is 2.99. The number of anilines is 1. The highest BCUT2D eigenvalue weighted by Crippen LogP contribution is 2.23. The van der Waals surface area contributed by atoms with Crippen LogP contribution in [-0.2, 0) is 6.54 Å². The van der Waals surface area contributed by atoms with E-state index >= 15 is 0 Å². The summed E-state index contributed by atoms with van der Waals surface area (Å²) in [5, 5.41) is 3.20. The lowest BCUT2D eigenvalue weighted by Crippen LogP contribution is -2.04. The van der Waals surface area contributed by atoms with Crippen LogP contribution in [0, 0.1) is 18.2 Å². The predicted molar refractivity (Wildman–Crippen MR) is 81.0 cm³/mol. The quantitative estimate of drug-likeness (QED) is 0.825. The topological polar surface area (TPSA) is 30.5 Å². The first-order valence-electron chi connectivity index (χ1n) is 6.46. The number of halogens is 1. The molecule has 0 aliphatic heterocycles. The molecule has 0 saturated carbocycles. The molecule has 0 heterocycles. The number of ether oxygens (including phenoxy) is 2. The Bertz CT molecular complexity index is 649. The molecule has 21 heavy (non-hydrogen) atoms. The van der Waals surface area contributed by atoms with Gasteiger partial charge in [-0.1, -0.05) is 24.1 Å². The summed E-state index contributed by atoms with van der Waals surface area (Å²) in [7, 11) is 1.44. The molecular formula is C17H16FNO2. The van der Waals surface area contributed by atoms with Crippen molar-refractivity contribution in [2.75, 3.05) is 19.0 Å². The highest BCUT2D eigenvalue weighted by atomic mass is 19.1. The van der Waals surface area contributed by atoms with Crippen LogP contribution in [0.5, 0.6) is 11.5 Å². The Labute approximate surface area is 123 Å². The Kier molecular flexibility index (Phi) is 5.05. The molecule has 0 radical (unpaired) electrons. The van der Waals surface area contributed by atoms with Gasteiger partial charge in [0.05, 0.1) is 7.11 Å². The van der Waals surface area contributed by atoms with Gasteiger partial charge in [-0.15, -0.1) is 6.42 Å². The summed E-state index contributed by atoms with van der Waals surface area (Å²) in [4.78, 5) is 0. The molecule has 2 aromatic carbocycles. The van der Waals surface area contributed by atoms with E-state index < -0.39 is 0 Å². The zero-order chi connectivity index (χ0) is 15.1. The van der Waals surface area contributed by atoms with Gasteiger partial charge in [0.2, 0.25) is 0 Å². The van der Waals surface area contributed by atoms with E-state index in [1.54, 1.807) is 12.1 Å². The maximum absolute atomic E-state index is 13.3. The molecule has 2 rings (SSSR count). The lowest BCUT2D eigenvalue weighted by Gasteiger charge is -2.12. The van der Waals surface area contributed by atoms with Crippen LogP contribution in [0.4, 0.5) is 10.1 Å². The molecule has 4 heteroatoms. The Balaban J connectivity index is 2.08. The fraction of sp³-hybridized carbons (Fsp3) is 0.176. The first-order chi connectivity index (χ1) is 10.2. The number of para-hydroxylation sites is 1. The average Bonchev–Trinajstić information content (AvgIpc) is 2.53. The Hall–Kier alpha value is -2.67. The number of nitrogens with one attached hydrogen (secondary N) is 1. The van der Waals surface area contributed by atoms with Gasteiger partial charge in [0.1, 0.15) is 12.4 Å². The number of terminal acetylenes is 1. The van der Waals surface area contributed by atoms with E-state index in [2.05, 4.69) is 11.2 Å². The molecule has 0 atom stereocenters. The molecule has 0 unspecified atom stereocenters. The summed E-state index contributed by atoms with van der Waals surface area (Å²) in [6.45, 7) is 0.761. The van der Waals surface area contributed by atoms with Crippen molar-refractivity contribution in [3.8, 4) is 23.8 Å². The highest BCUT2D eigenvalue weighted by molar-refractivity contribution is 5.50. The minimum Gasteiger partial charge on any atom is -0.494 e. The third-order valence-electron chi connectivity index (χ3n) is 2.92. The zero-order valence-electron chi connectivity index (χ0n) is 11.7. The van der Waals surface area contributed by atoms with E-state index in [-0.39, 0.29) is 18.2 Å². The average molecular weight is 285 g/mol. The van der Waals surface area contributed by atoms with Crippen LogP contribution >= 0.6 is 0 Å². The Morgan fingerprint density at radius 3 is 2.76 bits per heavy atom. The molecule has 108 valence electrons. The van der Waals surface area contributed by atoms with Crippen molar-refractivity contribution in [3.05, 3.63) is 53.8 Å². The lowest BCUT2D eigenvalue weighted by atomic mass is 10.2. The van der Waals surface area contributed by atoms with E-state index in [1.807, 2.05) is 24.3 Å². The molecule has 0 spiro atoms. The van der Waals surface area contributed by atoms with Crippen molar-refractivity contribution in [3.63, 3.8) is 0 Å². The van der Waals surface area contributed by atoms with E-state index in [0.717, 1.165) is 17.0 Å². The second-order valence-electron chi connectivity index (χ2n) is 4.30. The minimum atomic E-state index is -0.388. The van der Waals surface area contributed by atoms with Crippen molar-refractivity contribution in [2.45, 2.75) is 6.54 Å². The SMILES string of the molecule is C#CCOc1ccccc1CNc1ccc(F)c(OC)c1. The van der Waals surface area contributed by atoms with Crippen LogP contribution in [0.2, 0.25) is 0 Å². The van der Waals surface area contributed by atoms with Gasteiger partial charge in [-0.2, -0.15) is 0 Å². The van der Waals surface area contributed by atoms with Crippen molar-refractivity contribution in [1.82, 2.24) is 0 Å². The van der Waals surface area contributed by atoms with Gasteiger partial charge >= 0.3 is 0 Å². The van der Waals surface area contributed by atoms with Crippen molar-refractivity contribution < 1.29 is 13.9 Å². The smallest absolute Gasteiger partial charge is 0.165 e. The highest BCUT2D eigenvalue weighted by Gasteiger charge is 2.05. The van der Waals surface area contributed by atoms with Crippen LogP contribution in [0.15, 0.2) is 42.5 Å². The number of methoxy groups -OCH3 is 1. The molecule has 0 aliphatic carbocycles. The molecule has 1 N–H and O–H groups in total. The summed E-state index contributed by atoms with van der Waals surface area (Å²) in [6.07, 6.45) is 5.20. The zero-order valence-corrected chi connectivity index (χ0v) is 11.7. The van der Waals surface area contributed by atoms with E-state index in [1.165, 1.54) is 13.2 Å². The third-order valence-corrected chi connectivity index (χ3v) is 2.92. The van der Waals surface area contributed by atoms with Gasteiger partial charge in [-0.3, -0.25) is 0 Å². The van der Waals surface area contributed by atoms with Crippen molar-refractivity contribution in [2.24, 2.45) is 0 Å². The molecule has 0 fully saturated rings. The fourth-order valence-electron chi connectivity index (χ4n) is 1.88. The summed E-state index contributed by atoms with van der Waals surface area (Å²) >= 11 is 0. The summed E-state index contributed by atoms with van der Waals surface area (Å²) in [6, 6.07) is 12.2. The minimum absolute atomic E-state index is 0.205. The molecule has 3 nitrogen and oxygen atoms in total. The summed E-state index contributed by atoms with van der Waals surface area (Å²) in [5.41, 5.74) is 1.73. The number of benzene rings is 2. The second-order valence-corrected chi connectivity index (χ2v) is 4.30. The van der Waals surface area contributed by atoms with Gasteiger partial charge in [-0.05, 0) is 18.2 Å². The van der Waals surface area contributed by atoms with E-state index in [4.69, 9.17) is 15.9 Å². The molecule has 0 saturated heterocycles. The first-order valence-corrected chi connectivity index (χ1v) is 6.46. The first kappa shape index (κ1) is 14.7. The number of rotatable bonds is 6. The van der Waals surface area contributed by atoms with Gasteiger partial charge in [0.25, 0.3) is 0 Å². The number of hydrogen-bond donors (Lipinski definition) is 1. The van der Waals surface area contributed by atoms with E-state index in [9.17, 15) is 4.39 Å². The van der Waals surface area contributed by atoms with Gasteiger partial charge in [0.15, 0.2) is 11.6 Å². The standard InChI is InChI=1S/C17H16FNO2/c1-3-10-21-16-7-5-4-6-13(16)12-19-14-8-9-15(18)17(11-14)20-2/h1,4-9,11,19H,10,12H2,2H3. The summed E-state index contributed by atoms with van der Waals surface area (Å²) < 4.78 is 23.8. The fourth-order valence-corrected chi connectivity index (χ4v) is 1.88. The second kappa shape index (κ2) is 7.20. The predicted octanol–water partition coefficient (Wildman–Crippen LogP) is 3.46. The van der Waals surface area contributed by atoms with E-state index in [0.29, 0.717) is 6.54 Å². The molecule has 0 aliphatic rings. The van der Waals surface area contributed by atoms with Crippen LogP contribution < -0.4 is 14.8 Å². The molecule has 0 aromatic heterocycles. The third kappa shape index (κ3) is 3.90. The molecule has 0 amide bonds. The Morgan fingerprint density at radius 1 is 1.19 bits per heavy atom. The normalized spacial score (nSPS) is 9.76. The van der Waals surface area contributed by atoms with Gasteiger partial charge < -0.3 is 14.8 Å². The lowest BCUT2D eigenvalue weighted by molar-refractivity contribution is 0.366.